The molecule has 0 saturated carbocycles. The minimum absolute atomic E-state index is 0.117. The molecule has 0 aromatic heterocycles. The van der Waals surface area contributed by atoms with E-state index in [0.29, 0.717) is 6.42 Å². The highest BCUT2D eigenvalue weighted by Crippen LogP contribution is 2.52. The normalized spacial score (nSPS) is 20.5. The van der Waals surface area contributed by atoms with Crippen LogP contribution >= 0.6 is 0 Å². The van der Waals surface area contributed by atoms with Crippen LogP contribution in [0.5, 0.6) is 11.5 Å². The van der Waals surface area contributed by atoms with Gasteiger partial charge in [0.05, 0.1) is 0 Å². The van der Waals surface area contributed by atoms with E-state index in [-0.39, 0.29) is 22.9 Å². The van der Waals surface area contributed by atoms with Crippen LogP contribution in [0.15, 0.2) is 72.0 Å². The zero-order valence-electron chi connectivity index (χ0n) is 16.0. The average molecular weight is 370 g/mol. The Morgan fingerprint density at radius 3 is 2.64 bits per heavy atom. The first-order valence-corrected chi connectivity index (χ1v) is 9.68. The zero-order chi connectivity index (χ0) is 19.5. The van der Waals surface area contributed by atoms with E-state index < -0.39 is 0 Å². The van der Waals surface area contributed by atoms with Crippen LogP contribution < -0.4 is 4.74 Å². The molecule has 3 aromatic rings. The van der Waals surface area contributed by atoms with Gasteiger partial charge in [0.25, 0.3) is 0 Å². The molecule has 1 heterocycles. The Bertz CT molecular complexity index is 1150. The monoisotopic (exact) mass is 370 g/mol. The van der Waals surface area contributed by atoms with Gasteiger partial charge in [-0.05, 0) is 39.9 Å². The summed E-state index contributed by atoms with van der Waals surface area (Å²) >= 11 is 0. The molecule has 3 aromatic carbocycles. The van der Waals surface area contributed by atoms with Crippen LogP contribution in [0.2, 0.25) is 0 Å². The van der Waals surface area contributed by atoms with E-state index in [0.717, 1.165) is 45.4 Å². The lowest BCUT2D eigenvalue weighted by molar-refractivity contribution is -0.118. The van der Waals surface area contributed by atoms with Crippen LogP contribution in [-0.2, 0) is 4.79 Å². The molecule has 1 unspecified atom stereocenters. The standard InChI is InChI=1S/C25H22O3/c1-25(2)13-19(27)24-21(14-25)28-20-11-10-15-6-3-4-9-18(15)23(20)22(24)16-7-5-8-17(26)12-16/h3-12,22,26H,13-14H2,1-2H3. The van der Waals surface area contributed by atoms with Crippen LogP contribution in [0.3, 0.4) is 0 Å². The van der Waals surface area contributed by atoms with E-state index in [1.807, 2.05) is 30.3 Å². The third-order valence-electron chi connectivity index (χ3n) is 5.82. The lowest BCUT2D eigenvalue weighted by Gasteiger charge is -2.38. The number of phenolic OH excluding ortho intramolecular Hbond substituents is 1. The summed E-state index contributed by atoms with van der Waals surface area (Å²) in [6.45, 7) is 4.22. The van der Waals surface area contributed by atoms with Gasteiger partial charge < -0.3 is 9.84 Å². The summed E-state index contributed by atoms with van der Waals surface area (Å²) in [4.78, 5) is 13.3. The molecular formula is C25H22O3. The fourth-order valence-electron chi connectivity index (χ4n) is 4.67. The number of Topliss-reactive ketones (excluding diaryl/α,β-unsaturated/α-hetero) is 1. The number of ketones is 1. The number of phenols is 1. The van der Waals surface area contributed by atoms with Crippen LogP contribution in [-0.4, -0.2) is 10.9 Å². The SMILES string of the molecule is CC1(C)CC(=O)C2=C(C1)Oc1ccc3ccccc3c1C2c1cccc(O)c1. The first-order chi connectivity index (χ1) is 13.4. The number of fused-ring (bicyclic) bond motifs is 3. The Labute approximate surface area is 164 Å². The van der Waals surface area contributed by atoms with E-state index >= 15 is 0 Å². The van der Waals surface area contributed by atoms with Crippen molar-refractivity contribution in [3.8, 4) is 11.5 Å². The average Bonchev–Trinajstić information content (AvgIpc) is 2.65. The third-order valence-corrected chi connectivity index (χ3v) is 5.82. The molecular weight excluding hydrogens is 348 g/mol. The summed E-state index contributed by atoms with van der Waals surface area (Å²) in [5, 5.41) is 12.3. The van der Waals surface area contributed by atoms with Crippen molar-refractivity contribution in [3.63, 3.8) is 0 Å². The van der Waals surface area contributed by atoms with Gasteiger partial charge in [-0.2, -0.15) is 0 Å². The topological polar surface area (TPSA) is 46.5 Å². The second-order valence-electron chi connectivity index (χ2n) is 8.61. The van der Waals surface area contributed by atoms with Crippen LogP contribution in [0.1, 0.15) is 43.7 Å². The molecule has 28 heavy (non-hydrogen) atoms. The van der Waals surface area contributed by atoms with Gasteiger partial charge in [-0.25, -0.2) is 0 Å². The molecule has 1 N–H and O–H groups in total. The smallest absolute Gasteiger partial charge is 0.163 e. The summed E-state index contributed by atoms with van der Waals surface area (Å²) in [6.07, 6.45) is 1.24. The van der Waals surface area contributed by atoms with E-state index in [9.17, 15) is 9.90 Å². The Morgan fingerprint density at radius 2 is 1.82 bits per heavy atom. The predicted octanol–water partition coefficient (Wildman–Crippen LogP) is 5.71. The molecule has 1 aliphatic heterocycles. The molecule has 0 bridgehead atoms. The van der Waals surface area contributed by atoms with Gasteiger partial charge in [-0.1, -0.05) is 56.3 Å². The number of aromatic hydroxyl groups is 1. The van der Waals surface area contributed by atoms with Gasteiger partial charge in [0.1, 0.15) is 17.3 Å². The minimum atomic E-state index is -0.236. The quantitative estimate of drug-likeness (QED) is 0.596. The summed E-state index contributed by atoms with van der Waals surface area (Å²) in [7, 11) is 0. The molecule has 0 spiro atoms. The van der Waals surface area contributed by atoms with Crippen molar-refractivity contribution >= 4 is 16.6 Å². The molecule has 0 amide bonds. The molecule has 0 saturated heterocycles. The third kappa shape index (κ3) is 2.62. The van der Waals surface area contributed by atoms with Gasteiger partial charge in [-0.15, -0.1) is 0 Å². The van der Waals surface area contributed by atoms with Crippen molar-refractivity contribution in [3.05, 3.63) is 83.1 Å². The van der Waals surface area contributed by atoms with Crippen LogP contribution in [0, 0.1) is 5.41 Å². The van der Waals surface area contributed by atoms with Gasteiger partial charge in [-0.3, -0.25) is 4.79 Å². The van der Waals surface area contributed by atoms with Crippen molar-refractivity contribution in [2.75, 3.05) is 0 Å². The lowest BCUT2D eigenvalue weighted by atomic mass is 9.69. The molecule has 5 rings (SSSR count). The Hall–Kier alpha value is -3.07. The van der Waals surface area contributed by atoms with Crippen molar-refractivity contribution in [2.45, 2.75) is 32.6 Å². The van der Waals surface area contributed by atoms with Crippen molar-refractivity contribution in [2.24, 2.45) is 5.41 Å². The molecule has 3 heteroatoms. The summed E-state index contributed by atoms with van der Waals surface area (Å²) in [6, 6.07) is 19.5. The first kappa shape index (κ1) is 17.1. The van der Waals surface area contributed by atoms with E-state index in [1.165, 1.54) is 0 Å². The maximum atomic E-state index is 13.3. The highest BCUT2D eigenvalue weighted by Gasteiger charge is 2.42. The number of carbonyl (C=O) groups excluding carboxylic acids is 1. The minimum Gasteiger partial charge on any atom is -0.508 e. The van der Waals surface area contributed by atoms with Crippen LogP contribution in [0.4, 0.5) is 0 Å². The first-order valence-electron chi connectivity index (χ1n) is 9.68. The van der Waals surface area contributed by atoms with Gasteiger partial charge >= 0.3 is 0 Å². The number of benzene rings is 3. The number of carbonyl (C=O) groups is 1. The molecule has 2 aliphatic rings. The van der Waals surface area contributed by atoms with Crippen molar-refractivity contribution in [1.29, 1.82) is 0 Å². The predicted molar refractivity (Wildman–Crippen MR) is 110 cm³/mol. The Morgan fingerprint density at radius 1 is 1.00 bits per heavy atom. The number of ether oxygens (including phenoxy) is 1. The second kappa shape index (κ2) is 5.96. The van der Waals surface area contributed by atoms with Crippen molar-refractivity contribution < 1.29 is 14.6 Å². The maximum absolute atomic E-state index is 13.3. The number of allylic oxidation sites excluding steroid dienone is 2. The molecule has 140 valence electrons. The molecule has 1 atom stereocenters. The molecule has 1 aliphatic carbocycles. The Balaban J connectivity index is 1.83. The zero-order valence-corrected chi connectivity index (χ0v) is 16.0. The lowest BCUT2D eigenvalue weighted by Crippen LogP contribution is -2.33. The fraction of sp³-hybridized carbons (Fsp3) is 0.240. The van der Waals surface area contributed by atoms with E-state index in [1.54, 1.807) is 12.1 Å². The largest absolute Gasteiger partial charge is 0.508 e. The van der Waals surface area contributed by atoms with Gasteiger partial charge in [0.2, 0.25) is 0 Å². The highest BCUT2D eigenvalue weighted by atomic mass is 16.5. The Kier molecular flexibility index (Phi) is 3.63. The fourth-order valence-corrected chi connectivity index (χ4v) is 4.67. The van der Waals surface area contributed by atoms with E-state index in [2.05, 4.69) is 32.0 Å². The second-order valence-corrected chi connectivity index (χ2v) is 8.61. The van der Waals surface area contributed by atoms with Gasteiger partial charge in [0.15, 0.2) is 5.78 Å². The maximum Gasteiger partial charge on any atom is 0.163 e. The highest BCUT2D eigenvalue weighted by molar-refractivity contribution is 6.02. The number of hydrogen-bond donors (Lipinski definition) is 1. The summed E-state index contributed by atoms with van der Waals surface area (Å²) < 4.78 is 6.33. The summed E-state index contributed by atoms with van der Waals surface area (Å²) in [5.41, 5.74) is 2.55. The van der Waals surface area contributed by atoms with Gasteiger partial charge in [0, 0.05) is 29.9 Å². The summed E-state index contributed by atoms with van der Waals surface area (Å²) in [5.74, 6) is 1.68. The molecule has 3 nitrogen and oxygen atoms in total. The number of hydrogen-bond acceptors (Lipinski definition) is 3. The van der Waals surface area contributed by atoms with Crippen molar-refractivity contribution in [1.82, 2.24) is 0 Å². The number of rotatable bonds is 1. The molecule has 0 radical (unpaired) electrons. The van der Waals surface area contributed by atoms with E-state index in [4.69, 9.17) is 4.74 Å². The molecule has 0 fully saturated rings. The van der Waals surface area contributed by atoms with Crippen LogP contribution in [0.25, 0.3) is 10.8 Å².